The van der Waals surface area contributed by atoms with Crippen LogP contribution in [0.15, 0.2) is 18.2 Å². The summed E-state index contributed by atoms with van der Waals surface area (Å²) in [6.07, 6.45) is 1.05. The lowest BCUT2D eigenvalue weighted by molar-refractivity contribution is -0.149. The zero-order valence-electron chi connectivity index (χ0n) is 13.7. The third-order valence-corrected chi connectivity index (χ3v) is 5.98. The van der Waals surface area contributed by atoms with Crippen LogP contribution in [0.2, 0.25) is 0 Å². The van der Waals surface area contributed by atoms with Crippen LogP contribution in [0.1, 0.15) is 32.3 Å². The molecule has 24 heavy (non-hydrogen) atoms. The summed E-state index contributed by atoms with van der Waals surface area (Å²) in [7, 11) is 0. The monoisotopic (exact) mass is 329 g/mol. The number of hydrogen-bond donors (Lipinski definition) is 1. The standard InChI is InChI=1S/C18H19NO5/c1-17(2)11-5-6-18(17,15(21)14(11)20)16(22)19-8-10-3-4-12-13(7-10)24-9-23-12/h3-4,7,11H,5-6,8-9H2,1-2H3,(H,19,22)/t11-,18-/m1/s1. The molecular weight excluding hydrogens is 310 g/mol. The van der Waals surface area contributed by atoms with Crippen molar-refractivity contribution in [3.63, 3.8) is 0 Å². The number of carbonyl (C=O) groups is 3. The predicted molar refractivity (Wildman–Crippen MR) is 83.4 cm³/mol. The zero-order chi connectivity index (χ0) is 17.1. The predicted octanol–water partition coefficient (Wildman–Crippen LogP) is 1.61. The lowest BCUT2D eigenvalue weighted by Gasteiger charge is -2.33. The molecule has 2 fully saturated rings. The Morgan fingerprint density at radius 1 is 1.25 bits per heavy atom. The third-order valence-electron chi connectivity index (χ3n) is 5.98. The molecule has 3 aliphatic rings. The highest BCUT2D eigenvalue weighted by Gasteiger charge is 2.72. The van der Waals surface area contributed by atoms with E-state index in [-0.39, 0.29) is 30.9 Å². The molecule has 1 N–H and O–H groups in total. The third kappa shape index (κ3) is 1.74. The smallest absolute Gasteiger partial charge is 0.235 e. The first-order valence-corrected chi connectivity index (χ1v) is 8.13. The fourth-order valence-electron chi connectivity index (χ4n) is 4.47. The van der Waals surface area contributed by atoms with Gasteiger partial charge in [-0.25, -0.2) is 0 Å². The van der Waals surface area contributed by atoms with Crippen molar-refractivity contribution in [1.29, 1.82) is 0 Å². The van der Waals surface area contributed by atoms with Gasteiger partial charge in [-0.3, -0.25) is 14.4 Å². The second-order valence-electron chi connectivity index (χ2n) is 7.28. The molecule has 1 amide bonds. The molecule has 6 nitrogen and oxygen atoms in total. The van der Waals surface area contributed by atoms with Gasteiger partial charge in [0.25, 0.3) is 0 Å². The second kappa shape index (κ2) is 4.82. The molecule has 0 unspecified atom stereocenters. The summed E-state index contributed by atoms with van der Waals surface area (Å²) in [5.74, 6) is -0.255. The number of nitrogens with one attached hydrogen (secondary N) is 1. The first-order valence-electron chi connectivity index (χ1n) is 8.13. The number of fused-ring (bicyclic) bond motifs is 3. The van der Waals surface area contributed by atoms with Crippen molar-refractivity contribution in [2.24, 2.45) is 16.7 Å². The average molecular weight is 329 g/mol. The van der Waals surface area contributed by atoms with Crippen LogP contribution in [-0.4, -0.2) is 24.3 Å². The van der Waals surface area contributed by atoms with Crippen LogP contribution < -0.4 is 14.8 Å². The largest absolute Gasteiger partial charge is 0.454 e. The molecule has 1 aliphatic heterocycles. The molecule has 2 atom stereocenters. The minimum Gasteiger partial charge on any atom is -0.454 e. The molecule has 4 rings (SSSR count). The molecule has 0 spiro atoms. The number of benzene rings is 1. The van der Waals surface area contributed by atoms with E-state index in [0.717, 1.165) is 5.56 Å². The maximum Gasteiger partial charge on any atom is 0.235 e. The van der Waals surface area contributed by atoms with Gasteiger partial charge >= 0.3 is 0 Å². The molecule has 2 bridgehead atoms. The van der Waals surface area contributed by atoms with Crippen molar-refractivity contribution in [2.75, 3.05) is 6.79 Å². The van der Waals surface area contributed by atoms with Gasteiger partial charge in [0.15, 0.2) is 11.5 Å². The van der Waals surface area contributed by atoms with E-state index in [1.807, 2.05) is 26.0 Å². The lowest BCUT2D eigenvalue weighted by Crippen LogP contribution is -2.50. The van der Waals surface area contributed by atoms with Crippen LogP contribution in [0, 0.1) is 16.7 Å². The Labute approximate surface area is 139 Å². The van der Waals surface area contributed by atoms with Crippen molar-refractivity contribution in [1.82, 2.24) is 5.32 Å². The fraction of sp³-hybridized carbons (Fsp3) is 0.500. The van der Waals surface area contributed by atoms with E-state index >= 15 is 0 Å². The van der Waals surface area contributed by atoms with E-state index in [1.165, 1.54) is 0 Å². The van der Waals surface area contributed by atoms with Crippen LogP contribution in [-0.2, 0) is 20.9 Å². The van der Waals surface area contributed by atoms with Crippen molar-refractivity contribution in [3.8, 4) is 11.5 Å². The van der Waals surface area contributed by atoms with Crippen LogP contribution in [0.25, 0.3) is 0 Å². The SMILES string of the molecule is CC1(C)[C@@H]2CC[C@]1(C(=O)NCc1ccc3c(c1)OCO3)C(=O)C2=O. The molecule has 1 aromatic carbocycles. The van der Waals surface area contributed by atoms with Crippen LogP contribution in [0.4, 0.5) is 0 Å². The topological polar surface area (TPSA) is 81.7 Å². The van der Waals surface area contributed by atoms with Gasteiger partial charge in [0.05, 0.1) is 0 Å². The molecule has 6 heteroatoms. The Hall–Kier alpha value is -2.37. The maximum absolute atomic E-state index is 12.9. The summed E-state index contributed by atoms with van der Waals surface area (Å²) in [4.78, 5) is 37.5. The van der Waals surface area contributed by atoms with Crippen molar-refractivity contribution in [3.05, 3.63) is 23.8 Å². The van der Waals surface area contributed by atoms with Gasteiger partial charge in [0.2, 0.25) is 24.3 Å². The minimum absolute atomic E-state index is 0.195. The summed E-state index contributed by atoms with van der Waals surface area (Å²) in [5, 5.41) is 2.85. The van der Waals surface area contributed by atoms with Gasteiger partial charge < -0.3 is 14.8 Å². The lowest BCUT2D eigenvalue weighted by atomic mass is 9.68. The number of carbonyl (C=O) groups excluding carboxylic acids is 3. The number of amides is 1. The Bertz CT molecular complexity index is 769. The second-order valence-corrected chi connectivity index (χ2v) is 7.28. The summed E-state index contributed by atoms with van der Waals surface area (Å²) >= 11 is 0. The summed E-state index contributed by atoms with van der Waals surface area (Å²) in [6, 6.07) is 5.45. The van der Waals surface area contributed by atoms with Crippen LogP contribution in [0.5, 0.6) is 11.5 Å². The number of ether oxygens (including phenoxy) is 2. The number of ketones is 2. The van der Waals surface area contributed by atoms with Crippen molar-refractivity contribution in [2.45, 2.75) is 33.2 Å². The highest BCUT2D eigenvalue weighted by Crippen LogP contribution is 2.62. The van der Waals surface area contributed by atoms with E-state index < -0.39 is 16.6 Å². The summed E-state index contributed by atoms with van der Waals surface area (Å²) in [5.41, 5.74) is -0.987. The van der Waals surface area contributed by atoms with Crippen LogP contribution in [0.3, 0.4) is 0 Å². The van der Waals surface area contributed by atoms with Crippen molar-refractivity contribution < 1.29 is 23.9 Å². The highest BCUT2D eigenvalue weighted by atomic mass is 16.7. The molecule has 126 valence electrons. The Kier molecular flexibility index (Phi) is 3.04. The van der Waals surface area contributed by atoms with Crippen molar-refractivity contribution >= 4 is 17.5 Å². The molecular formula is C18H19NO5. The summed E-state index contributed by atoms with van der Waals surface area (Å²) < 4.78 is 10.6. The van der Waals surface area contributed by atoms with E-state index in [4.69, 9.17) is 9.47 Å². The quantitative estimate of drug-likeness (QED) is 0.673. The van der Waals surface area contributed by atoms with E-state index in [9.17, 15) is 14.4 Å². The average Bonchev–Trinajstić information content (AvgIpc) is 3.15. The van der Waals surface area contributed by atoms with Gasteiger partial charge in [-0.2, -0.15) is 0 Å². The van der Waals surface area contributed by atoms with Gasteiger partial charge in [0.1, 0.15) is 5.41 Å². The van der Waals surface area contributed by atoms with Gasteiger partial charge in [-0.05, 0) is 36.0 Å². The van der Waals surface area contributed by atoms with E-state index in [1.54, 1.807) is 6.07 Å². The number of Topliss-reactive ketones (excluding diaryl/α,β-unsaturated/α-hetero) is 2. The summed E-state index contributed by atoms with van der Waals surface area (Å²) in [6.45, 7) is 4.18. The molecule has 0 radical (unpaired) electrons. The highest BCUT2D eigenvalue weighted by molar-refractivity contribution is 6.47. The fourth-order valence-corrected chi connectivity index (χ4v) is 4.47. The number of rotatable bonds is 3. The Morgan fingerprint density at radius 2 is 2.00 bits per heavy atom. The first-order chi connectivity index (χ1) is 11.4. The maximum atomic E-state index is 12.9. The normalized spacial score (nSPS) is 29.2. The van der Waals surface area contributed by atoms with Gasteiger partial charge in [0, 0.05) is 12.5 Å². The molecule has 2 saturated carbocycles. The Balaban J connectivity index is 1.54. The van der Waals surface area contributed by atoms with Gasteiger partial charge in [-0.15, -0.1) is 0 Å². The van der Waals surface area contributed by atoms with E-state index in [0.29, 0.717) is 24.3 Å². The molecule has 0 saturated heterocycles. The number of hydrogen-bond acceptors (Lipinski definition) is 5. The first kappa shape index (κ1) is 15.2. The van der Waals surface area contributed by atoms with Crippen LogP contribution >= 0.6 is 0 Å². The molecule has 1 aromatic rings. The van der Waals surface area contributed by atoms with E-state index in [2.05, 4.69) is 5.32 Å². The zero-order valence-corrected chi connectivity index (χ0v) is 13.7. The minimum atomic E-state index is -1.22. The molecule has 1 heterocycles. The molecule has 0 aromatic heterocycles. The molecule has 2 aliphatic carbocycles. The van der Waals surface area contributed by atoms with Gasteiger partial charge in [-0.1, -0.05) is 19.9 Å². The Morgan fingerprint density at radius 3 is 2.71 bits per heavy atom.